The standard InChI is InChI=1S/C13H13N3O2/c14-4-8-5-16(13(18)15-12(8)17)11-9-6-1-2-7(3-6)10(9)11/h5-7,9-11H,1-3H2,(H,15,17,18). The van der Waals surface area contributed by atoms with E-state index in [9.17, 15) is 9.59 Å². The van der Waals surface area contributed by atoms with Crippen molar-refractivity contribution in [3.05, 3.63) is 32.6 Å². The molecule has 5 heteroatoms. The molecule has 1 aromatic rings. The molecule has 1 aromatic heterocycles. The van der Waals surface area contributed by atoms with Gasteiger partial charge in [0, 0.05) is 12.2 Å². The highest BCUT2D eigenvalue weighted by Crippen LogP contribution is 2.71. The van der Waals surface area contributed by atoms with Crippen LogP contribution < -0.4 is 11.2 Å². The number of nitrogens with zero attached hydrogens (tertiary/aromatic N) is 2. The monoisotopic (exact) mass is 243 g/mol. The van der Waals surface area contributed by atoms with Crippen molar-refractivity contribution in [1.82, 2.24) is 9.55 Å². The molecule has 0 saturated heterocycles. The molecule has 3 aliphatic rings. The Bertz CT molecular complexity index is 665. The van der Waals surface area contributed by atoms with Crippen molar-refractivity contribution < 1.29 is 0 Å². The summed E-state index contributed by atoms with van der Waals surface area (Å²) in [5.41, 5.74) is -0.905. The molecule has 4 unspecified atom stereocenters. The van der Waals surface area contributed by atoms with Crippen LogP contribution in [0.5, 0.6) is 0 Å². The number of rotatable bonds is 1. The first kappa shape index (κ1) is 10.1. The summed E-state index contributed by atoms with van der Waals surface area (Å²) in [5, 5.41) is 8.87. The summed E-state index contributed by atoms with van der Waals surface area (Å²) < 4.78 is 1.60. The average Bonchev–Trinajstić information content (AvgIpc) is 2.78. The van der Waals surface area contributed by atoms with Gasteiger partial charge >= 0.3 is 5.69 Å². The molecule has 92 valence electrons. The van der Waals surface area contributed by atoms with E-state index >= 15 is 0 Å². The molecular weight excluding hydrogens is 230 g/mol. The van der Waals surface area contributed by atoms with Crippen molar-refractivity contribution in [3.63, 3.8) is 0 Å². The quantitative estimate of drug-likeness (QED) is 0.785. The third-order valence-corrected chi connectivity index (χ3v) is 5.10. The van der Waals surface area contributed by atoms with Crippen LogP contribution in [0.1, 0.15) is 30.9 Å². The van der Waals surface area contributed by atoms with Gasteiger partial charge in [0.2, 0.25) is 0 Å². The highest BCUT2D eigenvalue weighted by Gasteiger charge is 2.66. The van der Waals surface area contributed by atoms with Crippen LogP contribution in [0.15, 0.2) is 15.8 Å². The molecule has 18 heavy (non-hydrogen) atoms. The fourth-order valence-electron chi connectivity index (χ4n) is 4.44. The maximum absolute atomic E-state index is 11.9. The summed E-state index contributed by atoms with van der Waals surface area (Å²) in [6.07, 6.45) is 5.33. The van der Waals surface area contributed by atoms with E-state index in [1.54, 1.807) is 4.57 Å². The number of hydrogen-bond acceptors (Lipinski definition) is 3. The lowest BCUT2D eigenvalue weighted by Crippen LogP contribution is -2.31. The zero-order chi connectivity index (χ0) is 12.4. The van der Waals surface area contributed by atoms with Crippen LogP contribution in [0.3, 0.4) is 0 Å². The van der Waals surface area contributed by atoms with E-state index in [4.69, 9.17) is 5.26 Å². The molecule has 3 aliphatic carbocycles. The first-order valence-corrected chi connectivity index (χ1v) is 6.46. The Balaban J connectivity index is 1.78. The first-order chi connectivity index (χ1) is 8.70. The molecule has 0 spiro atoms. The van der Waals surface area contributed by atoms with E-state index in [1.165, 1.54) is 25.5 Å². The van der Waals surface area contributed by atoms with Crippen LogP contribution in [-0.4, -0.2) is 9.55 Å². The minimum Gasteiger partial charge on any atom is -0.296 e. The van der Waals surface area contributed by atoms with Crippen molar-refractivity contribution in [2.45, 2.75) is 25.3 Å². The number of H-pyrrole nitrogens is 1. The predicted molar refractivity (Wildman–Crippen MR) is 62.9 cm³/mol. The van der Waals surface area contributed by atoms with Gasteiger partial charge in [0.1, 0.15) is 11.6 Å². The number of fused-ring (bicyclic) bond motifs is 5. The second-order valence-electron chi connectivity index (χ2n) is 5.80. The summed E-state index contributed by atoms with van der Waals surface area (Å²) in [5.74, 6) is 2.74. The third kappa shape index (κ3) is 1.10. The second kappa shape index (κ2) is 3.14. The number of hydrogen-bond donors (Lipinski definition) is 1. The lowest BCUT2D eigenvalue weighted by molar-refractivity contribution is 0.442. The maximum Gasteiger partial charge on any atom is 0.328 e. The molecule has 5 nitrogen and oxygen atoms in total. The first-order valence-electron chi connectivity index (χ1n) is 6.46. The van der Waals surface area contributed by atoms with Gasteiger partial charge in [-0.2, -0.15) is 5.26 Å². The molecule has 0 aromatic carbocycles. The molecule has 0 amide bonds. The number of nitriles is 1. The van der Waals surface area contributed by atoms with Crippen LogP contribution in [-0.2, 0) is 0 Å². The van der Waals surface area contributed by atoms with Crippen molar-refractivity contribution in [1.29, 1.82) is 5.26 Å². The van der Waals surface area contributed by atoms with Gasteiger partial charge in [-0.25, -0.2) is 4.79 Å². The summed E-state index contributed by atoms with van der Waals surface area (Å²) >= 11 is 0. The van der Waals surface area contributed by atoms with Crippen molar-refractivity contribution in [3.8, 4) is 6.07 Å². The largest absolute Gasteiger partial charge is 0.328 e. The molecule has 0 aliphatic heterocycles. The molecule has 4 atom stereocenters. The molecular formula is C13H13N3O2. The lowest BCUT2D eigenvalue weighted by atomic mass is 10.0. The minimum absolute atomic E-state index is 0.0342. The van der Waals surface area contributed by atoms with Crippen LogP contribution in [0, 0.1) is 35.0 Å². The van der Waals surface area contributed by atoms with Crippen LogP contribution in [0.25, 0.3) is 0 Å². The van der Waals surface area contributed by atoms with Crippen molar-refractivity contribution >= 4 is 0 Å². The van der Waals surface area contributed by atoms with Crippen LogP contribution >= 0.6 is 0 Å². The summed E-state index contributed by atoms with van der Waals surface area (Å²) in [6, 6.07) is 2.08. The Morgan fingerprint density at radius 3 is 2.56 bits per heavy atom. The number of aromatic amines is 1. The van der Waals surface area contributed by atoms with Gasteiger partial charge in [-0.1, -0.05) is 0 Å². The Hall–Kier alpha value is -1.83. The zero-order valence-corrected chi connectivity index (χ0v) is 9.80. The Kier molecular flexibility index (Phi) is 1.76. The van der Waals surface area contributed by atoms with Gasteiger partial charge < -0.3 is 0 Å². The van der Waals surface area contributed by atoms with Crippen molar-refractivity contribution in [2.24, 2.45) is 23.7 Å². The second-order valence-corrected chi connectivity index (χ2v) is 5.80. The average molecular weight is 243 g/mol. The Morgan fingerprint density at radius 2 is 1.94 bits per heavy atom. The molecule has 0 radical (unpaired) electrons. The normalized spacial score (nSPS) is 39.4. The molecule has 3 fully saturated rings. The van der Waals surface area contributed by atoms with E-state index in [0.717, 1.165) is 11.8 Å². The van der Waals surface area contributed by atoms with Crippen molar-refractivity contribution in [2.75, 3.05) is 0 Å². The number of aromatic nitrogens is 2. The van der Waals surface area contributed by atoms with Gasteiger partial charge in [-0.15, -0.1) is 0 Å². The fourth-order valence-corrected chi connectivity index (χ4v) is 4.44. The van der Waals surface area contributed by atoms with E-state index in [-0.39, 0.29) is 17.3 Å². The smallest absolute Gasteiger partial charge is 0.296 e. The van der Waals surface area contributed by atoms with E-state index < -0.39 is 5.56 Å². The topological polar surface area (TPSA) is 78.7 Å². The molecule has 4 rings (SSSR count). The predicted octanol–water partition coefficient (Wildman–Crippen LogP) is 0.625. The molecule has 2 bridgehead atoms. The highest BCUT2D eigenvalue weighted by molar-refractivity contribution is 5.24. The van der Waals surface area contributed by atoms with Crippen LogP contribution in [0.2, 0.25) is 0 Å². The van der Waals surface area contributed by atoms with Gasteiger partial charge in [0.15, 0.2) is 0 Å². The molecule has 3 saturated carbocycles. The highest BCUT2D eigenvalue weighted by atomic mass is 16.2. The summed E-state index contributed by atoms with van der Waals surface area (Å²) in [7, 11) is 0. The molecule has 1 heterocycles. The Morgan fingerprint density at radius 1 is 1.28 bits per heavy atom. The summed E-state index contributed by atoms with van der Waals surface area (Å²) in [4.78, 5) is 25.5. The fraction of sp³-hybridized carbons (Fsp3) is 0.615. The van der Waals surface area contributed by atoms with Crippen LogP contribution in [0.4, 0.5) is 0 Å². The van der Waals surface area contributed by atoms with Gasteiger partial charge in [-0.3, -0.25) is 14.3 Å². The maximum atomic E-state index is 11.9. The Labute approximate surface area is 103 Å². The SMILES string of the molecule is N#Cc1cn(C2C3C4CCC(C4)C32)c(=O)[nH]c1=O. The lowest BCUT2D eigenvalue weighted by Gasteiger charge is -2.10. The van der Waals surface area contributed by atoms with E-state index in [2.05, 4.69) is 4.98 Å². The third-order valence-electron chi connectivity index (χ3n) is 5.10. The minimum atomic E-state index is -0.576. The van der Waals surface area contributed by atoms with Gasteiger partial charge in [-0.05, 0) is 42.9 Å². The van der Waals surface area contributed by atoms with Gasteiger partial charge in [0.25, 0.3) is 5.56 Å². The summed E-state index contributed by atoms with van der Waals surface area (Å²) in [6.45, 7) is 0. The van der Waals surface area contributed by atoms with E-state index in [1.807, 2.05) is 6.07 Å². The zero-order valence-electron chi connectivity index (χ0n) is 9.80. The molecule has 1 N–H and O–H groups in total. The van der Waals surface area contributed by atoms with Gasteiger partial charge in [0.05, 0.1) is 0 Å². The number of nitrogens with one attached hydrogen (secondary N) is 1. The van der Waals surface area contributed by atoms with E-state index in [0.29, 0.717) is 11.8 Å².